The van der Waals surface area contributed by atoms with Gasteiger partial charge in [0, 0.05) is 25.6 Å². The Morgan fingerprint density at radius 1 is 1.44 bits per heavy atom. The second-order valence-corrected chi connectivity index (χ2v) is 4.64. The predicted molar refractivity (Wildman–Crippen MR) is 64.3 cm³/mol. The van der Waals surface area contributed by atoms with E-state index >= 15 is 0 Å². The van der Waals surface area contributed by atoms with E-state index in [1.807, 2.05) is 4.90 Å². The van der Waals surface area contributed by atoms with Gasteiger partial charge in [0.25, 0.3) is 0 Å². The Kier molecular flexibility index (Phi) is 5.77. The van der Waals surface area contributed by atoms with Gasteiger partial charge in [0.05, 0.1) is 6.61 Å². The van der Waals surface area contributed by atoms with Gasteiger partial charge in [0.2, 0.25) is 5.91 Å². The molecule has 0 aromatic carbocycles. The van der Waals surface area contributed by atoms with Crippen LogP contribution in [-0.2, 0) is 9.53 Å². The standard InChI is InChI=1S/C12H24N2O2/c1-10(2)14(8-9-16-3)12(15)11-4-6-13-7-5-11/h10-11,13H,4-9H2,1-3H3. The summed E-state index contributed by atoms with van der Waals surface area (Å²) in [5, 5.41) is 3.29. The van der Waals surface area contributed by atoms with Crippen LogP contribution in [0, 0.1) is 5.92 Å². The zero-order valence-electron chi connectivity index (χ0n) is 10.7. The van der Waals surface area contributed by atoms with Crippen molar-refractivity contribution < 1.29 is 9.53 Å². The van der Waals surface area contributed by atoms with E-state index in [1.54, 1.807) is 7.11 Å². The van der Waals surface area contributed by atoms with Crippen LogP contribution in [0.1, 0.15) is 26.7 Å². The molecule has 1 fully saturated rings. The summed E-state index contributed by atoms with van der Waals surface area (Å²) in [5.74, 6) is 0.508. The van der Waals surface area contributed by atoms with E-state index in [2.05, 4.69) is 19.2 Å². The molecule has 0 atom stereocenters. The van der Waals surface area contributed by atoms with Crippen LogP contribution < -0.4 is 5.32 Å². The summed E-state index contributed by atoms with van der Waals surface area (Å²) in [7, 11) is 1.67. The molecule has 1 rings (SSSR count). The topological polar surface area (TPSA) is 41.6 Å². The normalized spacial score (nSPS) is 17.8. The molecule has 1 saturated heterocycles. The highest BCUT2D eigenvalue weighted by Crippen LogP contribution is 2.16. The molecular weight excluding hydrogens is 204 g/mol. The molecule has 0 aromatic heterocycles. The number of carbonyl (C=O) groups is 1. The van der Waals surface area contributed by atoms with Crippen molar-refractivity contribution in [3.05, 3.63) is 0 Å². The summed E-state index contributed by atoms with van der Waals surface area (Å²) in [6.07, 6.45) is 1.93. The molecule has 4 heteroatoms. The molecule has 1 aliphatic rings. The third kappa shape index (κ3) is 3.76. The molecule has 1 amide bonds. The van der Waals surface area contributed by atoms with Crippen molar-refractivity contribution in [3.8, 4) is 0 Å². The number of piperidine rings is 1. The highest BCUT2D eigenvalue weighted by Gasteiger charge is 2.26. The third-order valence-corrected chi connectivity index (χ3v) is 3.13. The number of methoxy groups -OCH3 is 1. The number of amides is 1. The first kappa shape index (κ1) is 13.5. The second-order valence-electron chi connectivity index (χ2n) is 4.64. The molecular formula is C12H24N2O2. The monoisotopic (exact) mass is 228 g/mol. The molecule has 0 radical (unpaired) electrons. The van der Waals surface area contributed by atoms with Gasteiger partial charge in [0.15, 0.2) is 0 Å². The third-order valence-electron chi connectivity index (χ3n) is 3.13. The van der Waals surface area contributed by atoms with E-state index in [9.17, 15) is 4.79 Å². The van der Waals surface area contributed by atoms with Crippen molar-refractivity contribution in [2.24, 2.45) is 5.92 Å². The number of nitrogens with zero attached hydrogens (tertiary/aromatic N) is 1. The van der Waals surface area contributed by atoms with E-state index in [1.165, 1.54) is 0 Å². The molecule has 0 unspecified atom stereocenters. The largest absolute Gasteiger partial charge is 0.383 e. The zero-order valence-corrected chi connectivity index (χ0v) is 10.7. The SMILES string of the molecule is COCCN(C(=O)C1CCNCC1)C(C)C. The molecule has 4 nitrogen and oxygen atoms in total. The van der Waals surface area contributed by atoms with Gasteiger partial charge in [-0.15, -0.1) is 0 Å². The number of hydrogen-bond acceptors (Lipinski definition) is 3. The van der Waals surface area contributed by atoms with Gasteiger partial charge >= 0.3 is 0 Å². The summed E-state index contributed by atoms with van der Waals surface area (Å²) in [6, 6.07) is 0.262. The van der Waals surface area contributed by atoms with Crippen molar-refractivity contribution >= 4 is 5.91 Å². The van der Waals surface area contributed by atoms with Crippen molar-refractivity contribution in [1.82, 2.24) is 10.2 Å². The lowest BCUT2D eigenvalue weighted by atomic mass is 9.96. The maximum absolute atomic E-state index is 12.3. The summed E-state index contributed by atoms with van der Waals surface area (Å²) in [5.41, 5.74) is 0. The lowest BCUT2D eigenvalue weighted by molar-refractivity contribution is -0.138. The van der Waals surface area contributed by atoms with E-state index in [0.29, 0.717) is 19.1 Å². The highest BCUT2D eigenvalue weighted by atomic mass is 16.5. The van der Waals surface area contributed by atoms with Crippen LogP contribution in [0.3, 0.4) is 0 Å². The average molecular weight is 228 g/mol. The number of carbonyl (C=O) groups excluding carboxylic acids is 1. The molecule has 1 heterocycles. The van der Waals surface area contributed by atoms with Crippen LogP contribution in [0.4, 0.5) is 0 Å². The fourth-order valence-corrected chi connectivity index (χ4v) is 2.12. The number of nitrogens with one attached hydrogen (secondary N) is 1. The van der Waals surface area contributed by atoms with Crippen molar-refractivity contribution in [2.45, 2.75) is 32.7 Å². The average Bonchev–Trinajstić information content (AvgIpc) is 2.30. The first-order chi connectivity index (χ1) is 7.66. The summed E-state index contributed by atoms with van der Waals surface area (Å²) < 4.78 is 5.05. The lowest BCUT2D eigenvalue weighted by Crippen LogP contribution is -2.45. The Morgan fingerprint density at radius 2 is 2.06 bits per heavy atom. The Morgan fingerprint density at radius 3 is 2.56 bits per heavy atom. The zero-order chi connectivity index (χ0) is 12.0. The van der Waals surface area contributed by atoms with Crippen LogP contribution in [0.5, 0.6) is 0 Å². The molecule has 1 aliphatic heterocycles. The fraction of sp³-hybridized carbons (Fsp3) is 0.917. The Balaban J connectivity index is 2.51. The molecule has 0 aromatic rings. The van der Waals surface area contributed by atoms with Crippen LogP contribution in [-0.4, -0.2) is 50.2 Å². The second kappa shape index (κ2) is 6.86. The van der Waals surface area contributed by atoms with Gasteiger partial charge in [-0.2, -0.15) is 0 Å². The molecule has 0 bridgehead atoms. The maximum atomic E-state index is 12.3. The minimum atomic E-state index is 0.209. The Labute approximate surface area is 98.3 Å². The van der Waals surface area contributed by atoms with Crippen LogP contribution >= 0.6 is 0 Å². The molecule has 16 heavy (non-hydrogen) atoms. The van der Waals surface area contributed by atoms with E-state index in [-0.39, 0.29) is 12.0 Å². The van der Waals surface area contributed by atoms with E-state index in [0.717, 1.165) is 25.9 Å². The Bertz CT molecular complexity index is 213. The molecule has 0 aliphatic carbocycles. The van der Waals surface area contributed by atoms with Crippen molar-refractivity contribution in [2.75, 3.05) is 33.4 Å². The summed E-state index contributed by atoms with van der Waals surface area (Å²) in [4.78, 5) is 14.2. The van der Waals surface area contributed by atoms with Crippen molar-refractivity contribution in [1.29, 1.82) is 0 Å². The van der Waals surface area contributed by atoms with Crippen LogP contribution in [0.2, 0.25) is 0 Å². The minimum Gasteiger partial charge on any atom is -0.383 e. The van der Waals surface area contributed by atoms with E-state index < -0.39 is 0 Å². The number of rotatable bonds is 5. The maximum Gasteiger partial charge on any atom is 0.226 e. The molecule has 0 saturated carbocycles. The Hall–Kier alpha value is -0.610. The van der Waals surface area contributed by atoms with Gasteiger partial charge in [-0.3, -0.25) is 4.79 Å². The van der Waals surface area contributed by atoms with Gasteiger partial charge in [-0.05, 0) is 39.8 Å². The number of ether oxygens (including phenoxy) is 1. The predicted octanol–water partition coefficient (Wildman–Crippen LogP) is 0.869. The fourth-order valence-electron chi connectivity index (χ4n) is 2.12. The van der Waals surface area contributed by atoms with Gasteiger partial charge < -0.3 is 15.0 Å². The highest BCUT2D eigenvalue weighted by molar-refractivity contribution is 5.79. The van der Waals surface area contributed by atoms with Crippen LogP contribution in [0.25, 0.3) is 0 Å². The quantitative estimate of drug-likeness (QED) is 0.759. The van der Waals surface area contributed by atoms with Crippen LogP contribution in [0.15, 0.2) is 0 Å². The lowest BCUT2D eigenvalue weighted by Gasteiger charge is -2.32. The minimum absolute atomic E-state index is 0.209. The van der Waals surface area contributed by atoms with Gasteiger partial charge in [-0.1, -0.05) is 0 Å². The summed E-state index contributed by atoms with van der Waals surface area (Å²) >= 11 is 0. The number of hydrogen-bond donors (Lipinski definition) is 1. The summed E-state index contributed by atoms with van der Waals surface area (Å²) in [6.45, 7) is 7.38. The molecule has 0 spiro atoms. The van der Waals surface area contributed by atoms with E-state index in [4.69, 9.17) is 4.74 Å². The van der Waals surface area contributed by atoms with Gasteiger partial charge in [0.1, 0.15) is 0 Å². The smallest absolute Gasteiger partial charge is 0.226 e. The first-order valence-corrected chi connectivity index (χ1v) is 6.17. The van der Waals surface area contributed by atoms with Gasteiger partial charge in [-0.25, -0.2) is 0 Å². The molecule has 94 valence electrons. The van der Waals surface area contributed by atoms with Crippen molar-refractivity contribution in [3.63, 3.8) is 0 Å². The first-order valence-electron chi connectivity index (χ1n) is 6.17. The molecule has 1 N–H and O–H groups in total.